The Morgan fingerprint density at radius 3 is 2.38 bits per heavy atom. The number of benzene rings is 3. The summed E-state index contributed by atoms with van der Waals surface area (Å²) in [7, 11) is 0. The van der Waals surface area contributed by atoms with Crippen LogP contribution in [-0.2, 0) is 9.59 Å². The van der Waals surface area contributed by atoms with Gasteiger partial charge in [-0.2, -0.15) is 0 Å². The molecule has 0 amide bonds. The van der Waals surface area contributed by atoms with E-state index in [1.54, 1.807) is 0 Å². The van der Waals surface area contributed by atoms with Gasteiger partial charge in [-0.25, -0.2) is 0 Å². The molecule has 0 bridgehead atoms. The predicted octanol–water partition coefficient (Wildman–Crippen LogP) is 5.61. The van der Waals surface area contributed by atoms with Crippen LogP contribution in [-0.4, -0.2) is 11.6 Å². The van der Waals surface area contributed by atoms with Crippen LogP contribution in [0.2, 0.25) is 0 Å². The van der Waals surface area contributed by atoms with Gasteiger partial charge in [0.25, 0.3) is 0 Å². The van der Waals surface area contributed by atoms with E-state index in [2.05, 4.69) is 50.1 Å². The molecule has 0 aromatic heterocycles. The molecule has 4 rings (SSSR count). The summed E-state index contributed by atoms with van der Waals surface area (Å²) in [5.74, 6) is -0.328. The number of allylic oxidation sites excluding steroid dienone is 4. The average Bonchev–Trinajstić information content (AvgIpc) is 2.56. The van der Waals surface area contributed by atoms with Crippen molar-refractivity contribution in [2.24, 2.45) is 0 Å². The summed E-state index contributed by atoms with van der Waals surface area (Å²) >= 11 is 7.13. The van der Waals surface area contributed by atoms with Gasteiger partial charge in [-0.15, -0.1) is 0 Å². The SMILES string of the molecule is O=C1C=CC(=O)C(c2c(Br)ccc3cc4cccc(Br)c4cc23)=C1. The summed E-state index contributed by atoms with van der Waals surface area (Å²) in [6, 6.07) is 14.1. The lowest BCUT2D eigenvalue weighted by Crippen LogP contribution is -2.07. The van der Waals surface area contributed by atoms with Crippen molar-refractivity contribution in [3.8, 4) is 0 Å². The van der Waals surface area contributed by atoms with E-state index in [-0.39, 0.29) is 11.6 Å². The molecule has 0 saturated heterocycles. The van der Waals surface area contributed by atoms with E-state index in [0.717, 1.165) is 36.1 Å². The Hall–Kier alpha value is -2.04. The highest BCUT2D eigenvalue weighted by Crippen LogP contribution is 2.37. The highest BCUT2D eigenvalue weighted by Gasteiger charge is 2.20. The summed E-state index contributed by atoms with van der Waals surface area (Å²) in [5.41, 5.74) is 1.18. The molecule has 116 valence electrons. The Morgan fingerprint density at radius 1 is 0.750 bits per heavy atom. The van der Waals surface area contributed by atoms with E-state index in [1.807, 2.05) is 24.3 Å². The zero-order valence-electron chi connectivity index (χ0n) is 12.3. The van der Waals surface area contributed by atoms with Gasteiger partial charge in [-0.1, -0.05) is 50.1 Å². The van der Waals surface area contributed by atoms with Gasteiger partial charge in [0.15, 0.2) is 11.6 Å². The number of hydrogen-bond donors (Lipinski definition) is 0. The Bertz CT molecular complexity index is 1110. The molecule has 0 atom stereocenters. The summed E-state index contributed by atoms with van der Waals surface area (Å²) < 4.78 is 1.79. The first-order valence-electron chi connectivity index (χ1n) is 7.33. The molecule has 24 heavy (non-hydrogen) atoms. The summed E-state index contributed by atoms with van der Waals surface area (Å²) in [5, 5.41) is 4.14. The molecule has 0 spiro atoms. The van der Waals surface area contributed by atoms with Crippen LogP contribution in [0.25, 0.3) is 27.1 Å². The first kappa shape index (κ1) is 15.5. The lowest BCUT2D eigenvalue weighted by molar-refractivity contribution is -0.113. The summed E-state index contributed by atoms with van der Waals surface area (Å²) in [6.07, 6.45) is 4.04. The molecule has 2 nitrogen and oxygen atoms in total. The highest BCUT2D eigenvalue weighted by molar-refractivity contribution is 9.11. The summed E-state index contributed by atoms with van der Waals surface area (Å²) in [4.78, 5) is 24.1. The number of carbonyl (C=O) groups is 2. The van der Waals surface area contributed by atoms with Crippen molar-refractivity contribution < 1.29 is 9.59 Å². The topological polar surface area (TPSA) is 34.1 Å². The fraction of sp³-hybridized carbons (Fsp3) is 0. The van der Waals surface area contributed by atoms with Gasteiger partial charge in [0.1, 0.15) is 0 Å². The monoisotopic (exact) mass is 440 g/mol. The van der Waals surface area contributed by atoms with Crippen molar-refractivity contribution in [2.45, 2.75) is 0 Å². The van der Waals surface area contributed by atoms with Gasteiger partial charge in [0.05, 0.1) is 0 Å². The number of rotatable bonds is 1. The quantitative estimate of drug-likeness (QED) is 0.363. The zero-order chi connectivity index (χ0) is 16.8. The van der Waals surface area contributed by atoms with Crippen LogP contribution in [0.3, 0.4) is 0 Å². The van der Waals surface area contributed by atoms with Crippen LogP contribution >= 0.6 is 31.9 Å². The van der Waals surface area contributed by atoms with Crippen molar-refractivity contribution in [1.29, 1.82) is 0 Å². The normalized spacial score (nSPS) is 14.5. The second-order valence-electron chi connectivity index (χ2n) is 5.61. The number of hydrogen-bond acceptors (Lipinski definition) is 2. The Labute approximate surface area is 155 Å². The predicted molar refractivity (Wildman–Crippen MR) is 104 cm³/mol. The fourth-order valence-electron chi connectivity index (χ4n) is 3.01. The van der Waals surface area contributed by atoms with Crippen LogP contribution in [0, 0.1) is 0 Å². The smallest absolute Gasteiger partial charge is 0.186 e. The lowest BCUT2D eigenvalue weighted by atomic mass is 9.91. The number of halogens is 2. The highest BCUT2D eigenvalue weighted by atomic mass is 79.9. The van der Waals surface area contributed by atoms with Gasteiger partial charge < -0.3 is 0 Å². The van der Waals surface area contributed by atoms with Crippen LogP contribution in [0.1, 0.15) is 5.56 Å². The largest absolute Gasteiger partial charge is 0.290 e. The molecule has 0 radical (unpaired) electrons. The molecule has 0 heterocycles. The molecule has 0 saturated carbocycles. The molecule has 4 heteroatoms. The van der Waals surface area contributed by atoms with Crippen molar-refractivity contribution >= 4 is 70.5 Å². The molecule has 3 aromatic rings. The van der Waals surface area contributed by atoms with E-state index >= 15 is 0 Å². The fourth-order valence-corrected chi connectivity index (χ4v) is 4.07. The number of carbonyl (C=O) groups excluding carboxylic acids is 2. The third-order valence-electron chi connectivity index (χ3n) is 4.14. The molecule has 0 N–H and O–H groups in total. The third-order valence-corrected chi connectivity index (χ3v) is 5.49. The molecule has 3 aromatic carbocycles. The van der Waals surface area contributed by atoms with E-state index in [0.29, 0.717) is 5.57 Å². The third kappa shape index (κ3) is 2.46. The first-order chi connectivity index (χ1) is 11.5. The van der Waals surface area contributed by atoms with Crippen LogP contribution in [0.5, 0.6) is 0 Å². The summed E-state index contributed by atoms with van der Waals surface area (Å²) in [6.45, 7) is 0. The number of fused-ring (bicyclic) bond motifs is 2. The number of ketones is 2. The van der Waals surface area contributed by atoms with E-state index in [4.69, 9.17) is 0 Å². The molecule has 0 aliphatic heterocycles. The Kier molecular flexibility index (Phi) is 3.74. The maximum Gasteiger partial charge on any atom is 0.186 e. The van der Waals surface area contributed by atoms with Crippen LogP contribution in [0.4, 0.5) is 0 Å². The zero-order valence-corrected chi connectivity index (χ0v) is 15.5. The minimum atomic E-state index is -0.171. The second kappa shape index (κ2) is 5.80. The van der Waals surface area contributed by atoms with Gasteiger partial charge in [-0.3, -0.25) is 9.59 Å². The van der Waals surface area contributed by atoms with Crippen LogP contribution < -0.4 is 0 Å². The van der Waals surface area contributed by atoms with Crippen molar-refractivity contribution in [3.05, 3.63) is 75.2 Å². The van der Waals surface area contributed by atoms with Crippen LogP contribution in [0.15, 0.2) is 69.6 Å². The Balaban J connectivity index is 2.11. The lowest BCUT2D eigenvalue weighted by Gasteiger charge is -2.14. The van der Waals surface area contributed by atoms with Gasteiger partial charge in [0.2, 0.25) is 0 Å². The maximum absolute atomic E-state index is 12.3. The minimum absolute atomic E-state index is 0.157. The van der Waals surface area contributed by atoms with E-state index in [9.17, 15) is 9.59 Å². The molecule has 1 aliphatic rings. The minimum Gasteiger partial charge on any atom is -0.290 e. The second-order valence-corrected chi connectivity index (χ2v) is 7.32. The molecule has 1 aliphatic carbocycles. The van der Waals surface area contributed by atoms with E-state index < -0.39 is 0 Å². The van der Waals surface area contributed by atoms with Gasteiger partial charge in [-0.05, 0) is 64.0 Å². The van der Waals surface area contributed by atoms with E-state index in [1.165, 1.54) is 18.2 Å². The molecule has 0 fully saturated rings. The Morgan fingerprint density at radius 2 is 1.54 bits per heavy atom. The van der Waals surface area contributed by atoms with Crippen molar-refractivity contribution in [3.63, 3.8) is 0 Å². The van der Waals surface area contributed by atoms with Gasteiger partial charge in [0, 0.05) is 20.1 Å². The first-order valence-corrected chi connectivity index (χ1v) is 8.92. The van der Waals surface area contributed by atoms with Crippen molar-refractivity contribution in [1.82, 2.24) is 0 Å². The van der Waals surface area contributed by atoms with Crippen molar-refractivity contribution in [2.75, 3.05) is 0 Å². The maximum atomic E-state index is 12.3. The average molecular weight is 442 g/mol. The standard InChI is InChI=1S/C20H10Br2O2/c21-17-3-1-2-11-8-12-4-6-18(22)20(15(12)10-14(11)17)16-9-13(23)5-7-19(16)24/h1-10H. The van der Waals surface area contributed by atoms with Gasteiger partial charge >= 0.3 is 0 Å². The molecular formula is C20H10Br2O2. The molecular weight excluding hydrogens is 432 g/mol. The molecule has 0 unspecified atom stereocenters.